The molecule has 0 radical (unpaired) electrons. The molecule has 1 heterocycles. The second kappa shape index (κ2) is 5.04. The van der Waals surface area contributed by atoms with Crippen LogP contribution in [0.5, 0.6) is 0 Å². The van der Waals surface area contributed by atoms with Crippen molar-refractivity contribution in [2.75, 3.05) is 20.1 Å². The number of likely N-dealkylation sites (N-methyl/N-ethyl adjacent to an activating group) is 1. The maximum Gasteiger partial charge on any atom is 0.327 e. The molecule has 17 heavy (non-hydrogen) atoms. The highest BCUT2D eigenvalue weighted by atomic mass is 16.3. The van der Waals surface area contributed by atoms with Gasteiger partial charge in [-0.1, -0.05) is 19.3 Å². The molecule has 0 aromatic heterocycles. The molecule has 2 rings (SSSR count). The van der Waals surface area contributed by atoms with Crippen molar-refractivity contribution in [3.63, 3.8) is 0 Å². The van der Waals surface area contributed by atoms with E-state index in [1.165, 1.54) is 16.2 Å². The number of carbonyl (C=O) groups is 2. The highest BCUT2D eigenvalue weighted by Gasteiger charge is 2.36. The Hall–Kier alpha value is -1.10. The zero-order chi connectivity index (χ0) is 12.4. The van der Waals surface area contributed by atoms with Crippen molar-refractivity contribution >= 4 is 11.9 Å². The molecule has 0 aromatic rings. The smallest absolute Gasteiger partial charge is 0.327 e. The summed E-state index contributed by atoms with van der Waals surface area (Å²) in [6.45, 7) is 0.295. The van der Waals surface area contributed by atoms with Gasteiger partial charge < -0.3 is 10.0 Å². The molecule has 5 heteroatoms. The van der Waals surface area contributed by atoms with Crippen LogP contribution in [0, 0.1) is 5.92 Å². The summed E-state index contributed by atoms with van der Waals surface area (Å²) in [6, 6.07) is -0.287. The molecule has 96 valence electrons. The van der Waals surface area contributed by atoms with Gasteiger partial charge in [0.1, 0.15) is 6.54 Å². The second-order valence-electron chi connectivity index (χ2n) is 5.11. The van der Waals surface area contributed by atoms with Gasteiger partial charge in [-0.05, 0) is 18.8 Å². The van der Waals surface area contributed by atoms with Crippen LogP contribution in [0.15, 0.2) is 0 Å². The highest BCUT2D eigenvalue weighted by Crippen LogP contribution is 2.27. The first-order chi connectivity index (χ1) is 8.09. The van der Waals surface area contributed by atoms with Gasteiger partial charge in [-0.25, -0.2) is 4.79 Å². The largest absolute Gasteiger partial charge is 0.391 e. The van der Waals surface area contributed by atoms with Crippen LogP contribution >= 0.6 is 0 Å². The number of amides is 3. The Morgan fingerprint density at radius 1 is 1.29 bits per heavy atom. The summed E-state index contributed by atoms with van der Waals surface area (Å²) in [5, 5.41) is 10.1. The Kier molecular flexibility index (Phi) is 3.66. The predicted molar refractivity (Wildman–Crippen MR) is 62.3 cm³/mol. The van der Waals surface area contributed by atoms with Crippen LogP contribution in [0.25, 0.3) is 0 Å². The molecule has 1 aliphatic carbocycles. The molecule has 2 aliphatic rings. The monoisotopic (exact) mass is 240 g/mol. The summed E-state index contributed by atoms with van der Waals surface area (Å²) in [7, 11) is 1.60. The topological polar surface area (TPSA) is 60.9 Å². The van der Waals surface area contributed by atoms with Crippen LogP contribution < -0.4 is 0 Å². The van der Waals surface area contributed by atoms with Crippen LogP contribution in [0.1, 0.15) is 32.1 Å². The predicted octanol–water partition coefficient (Wildman–Crippen LogP) is 0.822. The average molecular weight is 240 g/mol. The van der Waals surface area contributed by atoms with E-state index in [9.17, 15) is 14.7 Å². The van der Waals surface area contributed by atoms with Gasteiger partial charge in [0.2, 0.25) is 5.91 Å². The molecule has 5 nitrogen and oxygen atoms in total. The number of β-amino-alcohol motifs (C(OH)–C–C–N with tert-alkyl or cyclic N) is 1. The molecule has 3 amide bonds. The fraction of sp³-hybridized carbons (Fsp3) is 0.833. The maximum atomic E-state index is 11.7. The van der Waals surface area contributed by atoms with Gasteiger partial charge in [-0.3, -0.25) is 9.69 Å². The third-order valence-corrected chi connectivity index (χ3v) is 3.79. The minimum Gasteiger partial charge on any atom is -0.391 e. The number of hydrogen-bond donors (Lipinski definition) is 1. The van der Waals surface area contributed by atoms with Crippen molar-refractivity contribution < 1.29 is 14.7 Å². The van der Waals surface area contributed by atoms with E-state index in [1.807, 2.05) is 0 Å². The number of hydrogen-bond acceptors (Lipinski definition) is 3. The molecule has 1 aliphatic heterocycles. The summed E-state index contributed by atoms with van der Waals surface area (Å²) in [6.07, 6.45) is 4.97. The summed E-state index contributed by atoms with van der Waals surface area (Å²) in [4.78, 5) is 25.8. The fourth-order valence-electron chi connectivity index (χ4n) is 2.70. The van der Waals surface area contributed by atoms with Gasteiger partial charge in [0, 0.05) is 7.05 Å². The molecule has 1 N–H and O–H groups in total. The minimum absolute atomic E-state index is 0.135. The normalized spacial score (nSPS) is 24.6. The van der Waals surface area contributed by atoms with Crippen LogP contribution in [0.3, 0.4) is 0 Å². The third kappa shape index (κ3) is 2.60. The van der Waals surface area contributed by atoms with Crippen LogP contribution in [0.4, 0.5) is 4.79 Å². The Bertz CT molecular complexity index is 313. The zero-order valence-corrected chi connectivity index (χ0v) is 10.3. The standard InChI is InChI=1S/C12H20N2O3/c1-13-8-11(16)14(12(13)17)7-10(15)9-5-3-2-4-6-9/h9-10,15H,2-8H2,1H3. The van der Waals surface area contributed by atoms with Crippen molar-refractivity contribution in [3.8, 4) is 0 Å². The van der Waals surface area contributed by atoms with Crippen molar-refractivity contribution in [2.45, 2.75) is 38.2 Å². The van der Waals surface area contributed by atoms with E-state index in [1.54, 1.807) is 7.05 Å². The van der Waals surface area contributed by atoms with Crippen molar-refractivity contribution in [1.29, 1.82) is 0 Å². The Morgan fingerprint density at radius 3 is 2.47 bits per heavy atom. The molecular formula is C12H20N2O3. The first-order valence-corrected chi connectivity index (χ1v) is 6.33. The zero-order valence-electron chi connectivity index (χ0n) is 10.3. The Labute approximate surface area is 101 Å². The van der Waals surface area contributed by atoms with Crippen molar-refractivity contribution in [3.05, 3.63) is 0 Å². The number of imide groups is 1. The molecular weight excluding hydrogens is 220 g/mol. The van der Waals surface area contributed by atoms with Gasteiger partial charge in [-0.2, -0.15) is 0 Å². The molecule has 1 saturated heterocycles. The average Bonchev–Trinajstić information content (AvgIpc) is 2.57. The summed E-state index contributed by atoms with van der Waals surface area (Å²) >= 11 is 0. The quantitative estimate of drug-likeness (QED) is 0.743. The summed E-state index contributed by atoms with van der Waals surface area (Å²) in [5.74, 6) is 0.0441. The van der Waals surface area contributed by atoms with Gasteiger partial charge in [0.05, 0.1) is 12.6 Å². The van der Waals surface area contributed by atoms with E-state index in [-0.39, 0.29) is 30.9 Å². The van der Waals surface area contributed by atoms with Crippen LogP contribution in [-0.2, 0) is 4.79 Å². The van der Waals surface area contributed by atoms with E-state index in [0.29, 0.717) is 0 Å². The Balaban J connectivity index is 1.91. The maximum absolute atomic E-state index is 11.7. The van der Waals surface area contributed by atoms with Crippen LogP contribution in [-0.4, -0.2) is 53.1 Å². The number of aliphatic hydroxyl groups is 1. The Morgan fingerprint density at radius 2 is 1.94 bits per heavy atom. The molecule has 2 fully saturated rings. The highest BCUT2D eigenvalue weighted by molar-refractivity contribution is 6.01. The van der Waals surface area contributed by atoms with E-state index >= 15 is 0 Å². The lowest BCUT2D eigenvalue weighted by molar-refractivity contribution is -0.126. The number of nitrogens with zero attached hydrogens (tertiary/aromatic N) is 2. The summed E-state index contributed by atoms with van der Waals surface area (Å²) in [5.41, 5.74) is 0. The van der Waals surface area contributed by atoms with Crippen molar-refractivity contribution in [1.82, 2.24) is 9.80 Å². The molecule has 1 atom stereocenters. The van der Waals surface area contributed by atoms with Gasteiger partial charge >= 0.3 is 6.03 Å². The number of carbonyl (C=O) groups excluding carboxylic acids is 2. The van der Waals surface area contributed by atoms with Crippen molar-refractivity contribution in [2.24, 2.45) is 5.92 Å². The van der Waals surface area contributed by atoms with E-state index < -0.39 is 6.10 Å². The molecule has 1 saturated carbocycles. The van der Waals surface area contributed by atoms with Crippen LogP contribution in [0.2, 0.25) is 0 Å². The van der Waals surface area contributed by atoms with Gasteiger partial charge in [0.15, 0.2) is 0 Å². The van der Waals surface area contributed by atoms with E-state index in [0.717, 1.165) is 25.7 Å². The molecule has 1 unspecified atom stereocenters. The van der Waals surface area contributed by atoms with E-state index in [4.69, 9.17) is 0 Å². The van der Waals surface area contributed by atoms with Gasteiger partial charge in [0.25, 0.3) is 0 Å². The number of rotatable bonds is 3. The third-order valence-electron chi connectivity index (χ3n) is 3.79. The number of urea groups is 1. The lowest BCUT2D eigenvalue weighted by Crippen LogP contribution is -2.41. The number of aliphatic hydroxyl groups excluding tert-OH is 1. The van der Waals surface area contributed by atoms with E-state index in [2.05, 4.69) is 0 Å². The lowest BCUT2D eigenvalue weighted by atomic mass is 9.85. The lowest BCUT2D eigenvalue weighted by Gasteiger charge is -2.28. The fourth-order valence-corrected chi connectivity index (χ4v) is 2.70. The SMILES string of the molecule is CN1CC(=O)N(CC(O)C2CCCCC2)C1=O. The first-order valence-electron chi connectivity index (χ1n) is 6.33. The molecule has 0 bridgehead atoms. The first kappa shape index (κ1) is 12.4. The molecule has 0 aromatic carbocycles. The molecule has 0 spiro atoms. The summed E-state index contributed by atoms with van der Waals surface area (Å²) < 4.78 is 0. The van der Waals surface area contributed by atoms with Gasteiger partial charge in [-0.15, -0.1) is 0 Å². The minimum atomic E-state index is -0.560. The second-order valence-corrected chi connectivity index (χ2v) is 5.11.